The van der Waals surface area contributed by atoms with Crippen LogP contribution < -0.4 is 26.6 Å². The fourth-order valence-electron chi connectivity index (χ4n) is 5.25. The normalized spacial score (nSPS) is 15.9. The molecular weight excluding hydrogens is 699 g/mol. The van der Waals surface area contributed by atoms with Gasteiger partial charge in [-0.1, -0.05) is 24.3 Å². The first-order chi connectivity index (χ1) is 24.5. The standard InChI is InChI=1S/C18H17F4N3O.C17H17F3N4O2/c19-17(10-23-11-17)9-12-1-5-14(6-2-12)24-16(26)25-15-7-3-13(4-8-15)18(20,21)22;1-26-16(9-21-10-16)6-11-2-4-13(5-3-11)24-14(25)12-7-22-15(23-8-12)17(18,19)20/h1-8,23H,9-11H2,(H2,24,25,26);2-5,7-8,21H,6,9-10H2,1H3,(H,24,25). The maximum atomic E-state index is 14.0. The minimum absolute atomic E-state index is 0.0547. The highest BCUT2D eigenvalue weighted by molar-refractivity contribution is 6.03. The molecule has 276 valence electrons. The van der Waals surface area contributed by atoms with Gasteiger partial charge in [0.2, 0.25) is 5.82 Å². The largest absolute Gasteiger partial charge is 0.451 e. The summed E-state index contributed by atoms with van der Waals surface area (Å²) in [4.78, 5) is 30.4. The molecule has 2 saturated heterocycles. The summed E-state index contributed by atoms with van der Waals surface area (Å²) < 4.78 is 94.4. The van der Waals surface area contributed by atoms with Crippen molar-refractivity contribution in [2.75, 3.05) is 49.2 Å². The first-order valence-electron chi connectivity index (χ1n) is 15.8. The molecule has 52 heavy (non-hydrogen) atoms. The number of ether oxygens (including phenoxy) is 1. The SMILES string of the molecule is COC1(Cc2ccc(NC(=O)c3cnc(C(F)(F)F)nc3)cc2)CNC1.O=C(Nc1ccc(CC2(F)CNC2)cc1)Nc1ccc(C(F)(F)F)cc1. The number of rotatable bonds is 9. The van der Waals surface area contributed by atoms with E-state index in [2.05, 4.69) is 36.6 Å². The van der Waals surface area contributed by atoms with Crippen molar-refractivity contribution in [2.24, 2.45) is 0 Å². The third-order valence-electron chi connectivity index (χ3n) is 8.32. The van der Waals surface area contributed by atoms with Crippen LogP contribution in [0.4, 0.5) is 52.6 Å². The van der Waals surface area contributed by atoms with Crippen molar-refractivity contribution >= 4 is 29.0 Å². The Morgan fingerprint density at radius 2 is 1.15 bits per heavy atom. The molecule has 0 radical (unpaired) electrons. The monoisotopic (exact) mass is 733 g/mol. The zero-order chi connectivity index (χ0) is 37.6. The van der Waals surface area contributed by atoms with Gasteiger partial charge in [-0.3, -0.25) is 4.79 Å². The minimum atomic E-state index is -4.64. The summed E-state index contributed by atoms with van der Waals surface area (Å²) in [6.07, 6.45) is -6.30. The van der Waals surface area contributed by atoms with Gasteiger partial charge in [0, 0.05) is 75.6 Å². The number of halogens is 7. The molecule has 6 rings (SSSR count). The molecule has 3 heterocycles. The molecule has 0 saturated carbocycles. The van der Waals surface area contributed by atoms with Gasteiger partial charge in [-0.25, -0.2) is 19.2 Å². The number of nitrogens with one attached hydrogen (secondary N) is 5. The molecule has 0 bridgehead atoms. The molecule has 5 N–H and O–H groups in total. The summed E-state index contributed by atoms with van der Waals surface area (Å²) in [5.41, 5.74) is 0.898. The van der Waals surface area contributed by atoms with Crippen molar-refractivity contribution in [1.82, 2.24) is 20.6 Å². The number of amides is 3. The van der Waals surface area contributed by atoms with Gasteiger partial charge in [0.15, 0.2) is 0 Å². The van der Waals surface area contributed by atoms with Gasteiger partial charge in [-0.05, 0) is 59.7 Å². The van der Waals surface area contributed by atoms with E-state index in [9.17, 15) is 40.3 Å². The lowest BCUT2D eigenvalue weighted by molar-refractivity contribution is -0.145. The molecule has 2 aliphatic heterocycles. The molecule has 2 aliphatic rings. The number of alkyl halides is 7. The maximum absolute atomic E-state index is 14.0. The van der Waals surface area contributed by atoms with Crippen molar-refractivity contribution in [2.45, 2.75) is 36.5 Å². The molecule has 4 aromatic rings. The van der Waals surface area contributed by atoms with Gasteiger partial charge in [-0.2, -0.15) is 26.3 Å². The summed E-state index contributed by atoms with van der Waals surface area (Å²) in [7, 11) is 1.68. The van der Waals surface area contributed by atoms with Crippen LogP contribution in [0.5, 0.6) is 0 Å². The van der Waals surface area contributed by atoms with E-state index in [0.717, 1.165) is 55.2 Å². The van der Waals surface area contributed by atoms with Gasteiger partial charge in [0.05, 0.1) is 16.7 Å². The summed E-state index contributed by atoms with van der Waals surface area (Å²) in [6.45, 7) is 2.25. The van der Waals surface area contributed by atoms with Crippen LogP contribution in [-0.4, -0.2) is 66.5 Å². The molecule has 10 nitrogen and oxygen atoms in total. The Kier molecular flexibility index (Phi) is 11.5. The fourth-order valence-corrected chi connectivity index (χ4v) is 5.25. The number of methoxy groups -OCH3 is 1. The van der Waals surface area contributed by atoms with Crippen LogP contribution in [0.2, 0.25) is 0 Å². The lowest BCUT2D eigenvalue weighted by Crippen LogP contribution is -2.61. The second kappa shape index (κ2) is 15.6. The predicted octanol–water partition coefficient (Wildman–Crippen LogP) is 6.48. The first kappa shape index (κ1) is 38.1. The van der Waals surface area contributed by atoms with Crippen molar-refractivity contribution in [1.29, 1.82) is 0 Å². The Morgan fingerprint density at radius 1 is 0.692 bits per heavy atom. The van der Waals surface area contributed by atoms with E-state index in [1.807, 2.05) is 12.1 Å². The van der Waals surface area contributed by atoms with Crippen LogP contribution in [-0.2, 0) is 29.9 Å². The number of carbonyl (C=O) groups is 2. The Morgan fingerprint density at radius 3 is 1.56 bits per heavy atom. The topological polar surface area (TPSA) is 129 Å². The van der Waals surface area contributed by atoms with E-state index in [-0.39, 0.29) is 16.9 Å². The van der Waals surface area contributed by atoms with Gasteiger partial charge in [-0.15, -0.1) is 0 Å². The Hall–Kier alpha value is -5.13. The van der Waals surface area contributed by atoms with E-state index in [4.69, 9.17) is 4.74 Å². The van der Waals surface area contributed by atoms with E-state index in [0.29, 0.717) is 30.9 Å². The number of carbonyl (C=O) groups excluding carboxylic acids is 2. The molecule has 1 aromatic heterocycles. The van der Waals surface area contributed by atoms with Crippen molar-refractivity contribution in [3.63, 3.8) is 0 Å². The van der Waals surface area contributed by atoms with Gasteiger partial charge in [0.1, 0.15) is 5.67 Å². The van der Waals surface area contributed by atoms with Crippen LogP contribution in [0.15, 0.2) is 85.2 Å². The fraction of sp³-hybridized carbons (Fsp3) is 0.314. The zero-order valence-electron chi connectivity index (χ0n) is 27.6. The highest BCUT2D eigenvalue weighted by Crippen LogP contribution is 2.30. The summed E-state index contributed by atoms with van der Waals surface area (Å²) in [5, 5.41) is 13.7. The number of nitrogens with zero attached hydrogens (tertiary/aromatic N) is 2. The third-order valence-corrected chi connectivity index (χ3v) is 8.32. The number of anilines is 3. The maximum Gasteiger partial charge on any atom is 0.451 e. The van der Waals surface area contributed by atoms with Crippen LogP contribution in [0, 0.1) is 0 Å². The van der Waals surface area contributed by atoms with Crippen LogP contribution in [0.25, 0.3) is 0 Å². The second-order valence-corrected chi connectivity index (χ2v) is 12.4. The van der Waals surface area contributed by atoms with Crippen LogP contribution in [0.1, 0.15) is 32.9 Å². The smallest absolute Gasteiger partial charge is 0.375 e. The van der Waals surface area contributed by atoms with Crippen LogP contribution >= 0.6 is 0 Å². The third kappa shape index (κ3) is 10.2. The molecule has 3 amide bonds. The minimum Gasteiger partial charge on any atom is -0.375 e. The van der Waals surface area contributed by atoms with Crippen molar-refractivity contribution in [3.8, 4) is 0 Å². The Balaban J connectivity index is 0.000000201. The number of benzene rings is 3. The lowest BCUT2D eigenvalue weighted by atomic mass is 9.89. The van der Waals surface area contributed by atoms with Crippen molar-refractivity contribution in [3.05, 3.63) is 113 Å². The van der Waals surface area contributed by atoms with E-state index >= 15 is 0 Å². The quantitative estimate of drug-likeness (QED) is 0.125. The molecule has 0 aliphatic carbocycles. The highest BCUT2D eigenvalue weighted by atomic mass is 19.4. The summed E-state index contributed by atoms with van der Waals surface area (Å²) in [6, 6.07) is 17.5. The van der Waals surface area contributed by atoms with Gasteiger partial charge >= 0.3 is 18.4 Å². The van der Waals surface area contributed by atoms with Gasteiger partial charge < -0.3 is 31.3 Å². The first-order valence-corrected chi connectivity index (χ1v) is 15.8. The molecule has 17 heteroatoms. The summed E-state index contributed by atoms with van der Waals surface area (Å²) in [5.74, 6) is -1.86. The van der Waals surface area contributed by atoms with Crippen molar-refractivity contribution < 1.29 is 45.1 Å². The van der Waals surface area contributed by atoms with E-state index < -0.39 is 41.3 Å². The Bertz CT molecular complexity index is 1810. The lowest BCUT2D eigenvalue weighted by Gasteiger charge is -2.41. The zero-order valence-corrected chi connectivity index (χ0v) is 27.6. The number of urea groups is 1. The number of hydrogen-bond acceptors (Lipinski definition) is 7. The molecule has 0 spiro atoms. The molecule has 0 unspecified atom stereocenters. The second-order valence-electron chi connectivity index (χ2n) is 12.4. The average Bonchev–Trinajstić information content (AvgIpc) is 3.07. The average molecular weight is 734 g/mol. The molecule has 3 aromatic carbocycles. The molecular formula is C35H34F7N7O3. The van der Waals surface area contributed by atoms with E-state index in [1.54, 1.807) is 43.5 Å². The predicted molar refractivity (Wildman–Crippen MR) is 179 cm³/mol. The molecule has 0 atom stereocenters. The van der Waals surface area contributed by atoms with Crippen LogP contribution in [0.3, 0.4) is 0 Å². The number of hydrogen-bond donors (Lipinski definition) is 5. The number of aromatic nitrogens is 2. The van der Waals surface area contributed by atoms with Gasteiger partial charge in [0.25, 0.3) is 5.91 Å². The molecule has 2 fully saturated rings. The van der Waals surface area contributed by atoms with E-state index in [1.165, 1.54) is 12.1 Å². The summed E-state index contributed by atoms with van der Waals surface area (Å²) >= 11 is 0. The Labute approximate surface area is 293 Å². The highest BCUT2D eigenvalue weighted by Gasteiger charge is 2.38.